The Morgan fingerprint density at radius 3 is 2.57 bits per heavy atom. The van der Waals surface area contributed by atoms with Gasteiger partial charge in [0.25, 0.3) is 11.3 Å². The lowest BCUT2D eigenvalue weighted by molar-refractivity contribution is -0.134. The van der Waals surface area contributed by atoms with Crippen LogP contribution in [0.2, 0.25) is 0 Å². The van der Waals surface area contributed by atoms with Crippen LogP contribution in [0, 0.1) is 0 Å². The second-order valence-electron chi connectivity index (χ2n) is 8.05. The first kappa shape index (κ1) is 27.9. The summed E-state index contributed by atoms with van der Waals surface area (Å²) in [7, 11) is 2.70. The number of phenolic OH excluding ortho intramolecular Hbond substituents is 1. The van der Waals surface area contributed by atoms with Crippen LogP contribution in [0.25, 0.3) is 17.2 Å². The molecule has 0 aliphatic rings. The number of aromatic hydroxyl groups is 1. The van der Waals surface area contributed by atoms with E-state index in [0.29, 0.717) is 24.5 Å². The molecule has 0 heterocycles. The van der Waals surface area contributed by atoms with Gasteiger partial charge in [-0.05, 0) is 58.7 Å². The number of carbonyl (C=O) groups excluding carboxylic acids is 1. The van der Waals surface area contributed by atoms with Crippen molar-refractivity contribution in [1.29, 1.82) is 0 Å². The highest BCUT2D eigenvalue weighted by Crippen LogP contribution is 2.30. The third-order valence-corrected chi connectivity index (χ3v) is 6.20. The van der Waals surface area contributed by atoms with Crippen LogP contribution in [0.15, 0.2) is 72.8 Å². The maximum Gasteiger partial charge on any atom is 0.330 e. The second kappa shape index (κ2) is 13.6. The van der Waals surface area contributed by atoms with Crippen molar-refractivity contribution in [2.45, 2.75) is 6.10 Å². The molecule has 3 aromatic rings. The van der Waals surface area contributed by atoms with Crippen LogP contribution in [0.1, 0.15) is 17.2 Å². The van der Waals surface area contributed by atoms with Crippen LogP contribution in [0.5, 0.6) is 11.5 Å². The van der Waals surface area contributed by atoms with E-state index < -0.39 is 23.3 Å². The van der Waals surface area contributed by atoms with Crippen molar-refractivity contribution < 1.29 is 33.2 Å². The SMILES string of the molecule is COC(=O)C=Cc1cccc(-c2ccc(OCCNCC(O)c3ccc(O)c(N(C)S(=O)O)c3)cc2)c1. The number of nitrogens with zero attached hydrogens (tertiary/aromatic N) is 1. The Morgan fingerprint density at radius 1 is 1.11 bits per heavy atom. The first-order valence-corrected chi connectivity index (χ1v) is 12.5. The summed E-state index contributed by atoms with van der Waals surface area (Å²) in [5.74, 6) is 0.141. The molecule has 37 heavy (non-hydrogen) atoms. The smallest absolute Gasteiger partial charge is 0.330 e. The molecule has 3 aromatic carbocycles. The Bertz CT molecular complexity index is 1250. The molecule has 0 spiro atoms. The molecule has 0 aliphatic heterocycles. The molecule has 2 atom stereocenters. The largest absolute Gasteiger partial charge is 0.506 e. The summed E-state index contributed by atoms with van der Waals surface area (Å²) in [5, 5.41) is 23.5. The predicted molar refractivity (Wildman–Crippen MR) is 144 cm³/mol. The first-order valence-electron chi connectivity index (χ1n) is 11.4. The van der Waals surface area contributed by atoms with Crippen molar-refractivity contribution in [2.75, 3.05) is 38.2 Å². The number of carbonyl (C=O) groups is 1. The van der Waals surface area contributed by atoms with E-state index >= 15 is 0 Å². The van der Waals surface area contributed by atoms with E-state index in [0.717, 1.165) is 21.0 Å². The molecule has 3 rings (SSSR count). The number of phenols is 1. The maximum atomic E-state index is 11.3. The van der Waals surface area contributed by atoms with Gasteiger partial charge in [-0.25, -0.2) is 9.00 Å². The summed E-state index contributed by atoms with van der Waals surface area (Å²) >= 11 is -2.29. The number of nitrogens with one attached hydrogen (secondary N) is 1. The summed E-state index contributed by atoms with van der Waals surface area (Å²) in [6.07, 6.45) is 2.20. The molecular weight excluding hydrogens is 496 g/mol. The maximum absolute atomic E-state index is 11.3. The zero-order valence-corrected chi connectivity index (χ0v) is 21.4. The van der Waals surface area contributed by atoms with Gasteiger partial charge < -0.3 is 25.0 Å². The van der Waals surface area contributed by atoms with E-state index in [1.54, 1.807) is 12.1 Å². The first-order chi connectivity index (χ1) is 17.8. The Labute approximate surface area is 218 Å². The highest BCUT2D eigenvalue weighted by molar-refractivity contribution is 7.80. The van der Waals surface area contributed by atoms with Crippen molar-refractivity contribution in [3.63, 3.8) is 0 Å². The molecule has 4 N–H and O–H groups in total. The Kier molecular flexibility index (Phi) is 10.2. The van der Waals surface area contributed by atoms with Crippen molar-refractivity contribution in [3.8, 4) is 22.6 Å². The minimum atomic E-state index is -2.29. The fourth-order valence-corrected chi connectivity index (χ4v) is 3.79. The topological polar surface area (TPSA) is 129 Å². The quantitative estimate of drug-likeness (QED) is 0.122. The third kappa shape index (κ3) is 8.16. The summed E-state index contributed by atoms with van der Waals surface area (Å²) in [6.45, 7) is 1.10. The van der Waals surface area contributed by atoms with Crippen LogP contribution < -0.4 is 14.4 Å². The highest BCUT2D eigenvalue weighted by Gasteiger charge is 2.15. The molecule has 10 heteroatoms. The van der Waals surface area contributed by atoms with E-state index in [2.05, 4.69) is 10.1 Å². The van der Waals surface area contributed by atoms with E-state index in [9.17, 15) is 23.8 Å². The predicted octanol–water partition coefficient (Wildman–Crippen LogP) is 3.52. The van der Waals surface area contributed by atoms with Gasteiger partial charge >= 0.3 is 5.97 Å². The number of ether oxygens (including phenoxy) is 2. The van der Waals surface area contributed by atoms with Crippen LogP contribution in [0.4, 0.5) is 5.69 Å². The third-order valence-electron chi connectivity index (χ3n) is 5.53. The normalized spacial score (nSPS) is 12.8. The van der Waals surface area contributed by atoms with Gasteiger partial charge in [0.1, 0.15) is 18.1 Å². The molecular formula is C27H30N2O7S. The Balaban J connectivity index is 1.47. The number of esters is 1. The van der Waals surface area contributed by atoms with Crippen LogP contribution >= 0.6 is 0 Å². The molecule has 0 radical (unpaired) electrons. The monoisotopic (exact) mass is 526 g/mol. The lowest BCUT2D eigenvalue weighted by Crippen LogP contribution is -2.26. The zero-order valence-electron chi connectivity index (χ0n) is 20.5. The average Bonchev–Trinajstić information content (AvgIpc) is 2.91. The number of hydrogen-bond donors (Lipinski definition) is 4. The van der Waals surface area contributed by atoms with Gasteiger partial charge in [-0.2, -0.15) is 0 Å². The molecule has 2 unspecified atom stereocenters. The number of methoxy groups -OCH3 is 1. The van der Waals surface area contributed by atoms with Gasteiger partial charge in [0.15, 0.2) is 0 Å². The number of anilines is 1. The summed E-state index contributed by atoms with van der Waals surface area (Å²) in [4.78, 5) is 11.3. The number of benzene rings is 3. The molecule has 0 fully saturated rings. The number of aliphatic hydroxyl groups is 1. The van der Waals surface area contributed by atoms with Crippen LogP contribution in [0.3, 0.4) is 0 Å². The van der Waals surface area contributed by atoms with Crippen LogP contribution in [-0.2, 0) is 20.8 Å². The fraction of sp³-hybridized carbons (Fsp3) is 0.222. The molecule has 0 aromatic heterocycles. The summed E-state index contributed by atoms with van der Waals surface area (Å²) < 4.78 is 31.9. The number of hydrogen-bond acceptors (Lipinski definition) is 7. The lowest BCUT2D eigenvalue weighted by Gasteiger charge is -2.18. The molecule has 196 valence electrons. The highest BCUT2D eigenvalue weighted by atomic mass is 32.2. The van der Waals surface area contributed by atoms with E-state index in [-0.39, 0.29) is 18.0 Å². The van der Waals surface area contributed by atoms with E-state index in [1.165, 1.54) is 32.4 Å². The minimum Gasteiger partial charge on any atom is -0.506 e. The average molecular weight is 527 g/mol. The second-order valence-corrected chi connectivity index (χ2v) is 9.06. The van der Waals surface area contributed by atoms with Gasteiger partial charge in [-0.3, -0.25) is 8.86 Å². The van der Waals surface area contributed by atoms with Gasteiger partial charge in [0.05, 0.1) is 18.9 Å². The van der Waals surface area contributed by atoms with Crippen LogP contribution in [-0.4, -0.2) is 58.8 Å². The van der Waals surface area contributed by atoms with Gasteiger partial charge in [-0.15, -0.1) is 0 Å². The van der Waals surface area contributed by atoms with Crippen molar-refractivity contribution in [2.24, 2.45) is 0 Å². The molecule has 0 bridgehead atoms. The number of aliphatic hydroxyl groups excluding tert-OH is 1. The van der Waals surface area contributed by atoms with Gasteiger partial charge in [0.2, 0.25) is 0 Å². The Hall–Kier alpha value is -3.70. The minimum absolute atomic E-state index is 0.147. The lowest BCUT2D eigenvalue weighted by atomic mass is 10.0. The summed E-state index contributed by atoms with van der Waals surface area (Å²) in [5.41, 5.74) is 3.54. The molecule has 0 amide bonds. The molecule has 0 aliphatic carbocycles. The van der Waals surface area contributed by atoms with E-state index in [1.807, 2.05) is 48.5 Å². The molecule has 0 saturated carbocycles. The van der Waals surface area contributed by atoms with E-state index in [4.69, 9.17) is 4.74 Å². The zero-order chi connectivity index (χ0) is 26.8. The Morgan fingerprint density at radius 2 is 1.86 bits per heavy atom. The van der Waals surface area contributed by atoms with Crippen molar-refractivity contribution in [1.82, 2.24) is 5.32 Å². The van der Waals surface area contributed by atoms with Crippen molar-refractivity contribution in [3.05, 3.63) is 83.9 Å². The standard InChI is InChI=1S/C27H30N2O7S/c1-29(37(33)34)24-17-22(9-12-25(24)30)26(31)18-28-14-15-36-23-10-7-20(8-11-23)21-5-3-4-19(16-21)6-13-27(32)35-2/h3-13,16-17,26,28,30-31H,14-15,18H2,1-2H3,(H,33,34). The number of rotatable bonds is 12. The molecule has 0 saturated heterocycles. The fourth-order valence-electron chi connectivity index (χ4n) is 3.48. The molecule has 9 nitrogen and oxygen atoms in total. The van der Waals surface area contributed by atoms with Crippen molar-refractivity contribution >= 4 is 29.0 Å². The summed E-state index contributed by atoms with van der Waals surface area (Å²) in [6, 6.07) is 19.8. The van der Waals surface area contributed by atoms with Gasteiger partial charge in [-0.1, -0.05) is 36.4 Å². The van der Waals surface area contributed by atoms with Gasteiger partial charge in [0, 0.05) is 26.2 Å².